The van der Waals surface area contributed by atoms with Crippen LogP contribution in [0.2, 0.25) is 0 Å². The SMILES string of the molecule is C[C@]12CC[C@H](O[C@@H]3CCCCO3)CC1=CC[C@@H]1[C@H]3CC[C@@]4(CO4)[C@@]3(C)CC[C@@H]12. The molecule has 0 aromatic rings. The Labute approximate surface area is 170 Å². The molecule has 8 atom stereocenters. The molecule has 0 amide bonds. The van der Waals surface area contributed by atoms with E-state index in [4.69, 9.17) is 14.2 Å². The van der Waals surface area contributed by atoms with Gasteiger partial charge in [-0.3, -0.25) is 0 Å². The lowest BCUT2D eigenvalue weighted by atomic mass is 9.47. The van der Waals surface area contributed by atoms with Crippen LogP contribution in [0, 0.1) is 28.6 Å². The third-order valence-corrected chi connectivity index (χ3v) is 10.3. The fraction of sp³-hybridized carbons (Fsp3) is 0.920. The molecular formula is C25H38O3. The van der Waals surface area contributed by atoms with Crippen LogP contribution < -0.4 is 0 Å². The van der Waals surface area contributed by atoms with Gasteiger partial charge in [-0.25, -0.2) is 0 Å². The quantitative estimate of drug-likeness (QED) is 0.455. The molecule has 4 aliphatic carbocycles. The van der Waals surface area contributed by atoms with E-state index in [-0.39, 0.29) is 11.9 Å². The van der Waals surface area contributed by atoms with Crippen molar-refractivity contribution in [1.29, 1.82) is 0 Å². The van der Waals surface area contributed by atoms with E-state index in [1.165, 1.54) is 57.8 Å². The van der Waals surface area contributed by atoms with Crippen molar-refractivity contribution in [1.82, 2.24) is 0 Å². The van der Waals surface area contributed by atoms with Crippen molar-refractivity contribution in [3.05, 3.63) is 11.6 Å². The van der Waals surface area contributed by atoms with Gasteiger partial charge in [0.2, 0.25) is 0 Å². The zero-order valence-corrected chi connectivity index (χ0v) is 17.9. The Morgan fingerprint density at radius 1 is 1.00 bits per heavy atom. The second kappa shape index (κ2) is 6.31. The average molecular weight is 387 g/mol. The van der Waals surface area contributed by atoms with Gasteiger partial charge >= 0.3 is 0 Å². The van der Waals surface area contributed by atoms with Gasteiger partial charge in [0.15, 0.2) is 6.29 Å². The number of fused-ring (bicyclic) bond motifs is 6. The standard InChI is InChI=1S/C25H38O3/c1-23-11-8-18(28-22-5-3-4-14-26-22)15-17(23)6-7-19-20(23)9-12-24(2)21(19)10-13-25(24)16-27-25/h6,18-22H,3-5,7-16H2,1-2H3/t18-,19-,20-,21+,22+,23-,24-,25+/m0/s1. The second-order valence-corrected chi connectivity index (χ2v) is 11.3. The maximum atomic E-state index is 6.40. The molecule has 3 saturated carbocycles. The summed E-state index contributed by atoms with van der Waals surface area (Å²) in [5.74, 6) is 2.65. The Kier molecular flexibility index (Phi) is 4.15. The Bertz CT molecular complexity index is 661. The monoisotopic (exact) mass is 386 g/mol. The van der Waals surface area contributed by atoms with E-state index in [0.29, 0.717) is 16.9 Å². The van der Waals surface area contributed by atoms with E-state index in [1.54, 1.807) is 5.57 Å². The number of hydrogen-bond acceptors (Lipinski definition) is 3. The summed E-state index contributed by atoms with van der Waals surface area (Å²) >= 11 is 0. The third-order valence-electron chi connectivity index (χ3n) is 10.3. The molecule has 0 unspecified atom stereocenters. The van der Waals surface area contributed by atoms with Crippen molar-refractivity contribution < 1.29 is 14.2 Å². The van der Waals surface area contributed by atoms with Gasteiger partial charge in [0, 0.05) is 12.0 Å². The van der Waals surface area contributed by atoms with Gasteiger partial charge in [-0.15, -0.1) is 0 Å². The lowest BCUT2D eigenvalue weighted by Crippen LogP contribution is -2.52. The summed E-state index contributed by atoms with van der Waals surface area (Å²) in [6, 6.07) is 0. The molecule has 0 N–H and O–H groups in total. The van der Waals surface area contributed by atoms with Crippen molar-refractivity contribution in [2.24, 2.45) is 28.6 Å². The normalized spacial score (nSPS) is 55.2. The summed E-state index contributed by atoms with van der Waals surface area (Å²) < 4.78 is 18.3. The molecule has 3 heteroatoms. The number of rotatable bonds is 2. The second-order valence-electron chi connectivity index (χ2n) is 11.3. The Morgan fingerprint density at radius 2 is 1.86 bits per heavy atom. The van der Waals surface area contributed by atoms with Gasteiger partial charge in [-0.1, -0.05) is 25.5 Å². The van der Waals surface area contributed by atoms with Crippen LogP contribution in [0.5, 0.6) is 0 Å². The average Bonchev–Trinajstić information content (AvgIpc) is 3.43. The summed E-state index contributed by atoms with van der Waals surface area (Å²) in [5.41, 5.74) is 2.87. The van der Waals surface area contributed by atoms with Crippen LogP contribution in [0.3, 0.4) is 0 Å². The molecule has 28 heavy (non-hydrogen) atoms. The molecule has 2 heterocycles. The summed E-state index contributed by atoms with van der Waals surface area (Å²) in [4.78, 5) is 0. The Balaban J connectivity index is 1.20. The Morgan fingerprint density at radius 3 is 2.64 bits per heavy atom. The minimum atomic E-state index is 0.0589. The van der Waals surface area contributed by atoms with Gasteiger partial charge < -0.3 is 14.2 Å². The largest absolute Gasteiger partial charge is 0.369 e. The van der Waals surface area contributed by atoms with E-state index in [0.717, 1.165) is 43.8 Å². The van der Waals surface area contributed by atoms with Crippen molar-refractivity contribution in [2.75, 3.05) is 13.2 Å². The van der Waals surface area contributed by atoms with Gasteiger partial charge in [0.05, 0.1) is 18.3 Å². The van der Waals surface area contributed by atoms with Crippen LogP contribution >= 0.6 is 0 Å². The van der Waals surface area contributed by atoms with Gasteiger partial charge in [-0.05, 0) is 93.8 Å². The van der Waals surface area contributed by atoms with Crippen molar-refractivity contribution in [2.45, 2.75) is 102 Å². The minimum absolute atomic E-state index is 0.0589. The zero-order valence-electron chi connectivity index (χ0n) is 17.9. The molecule has 156 valence electrons. The number of ether oxygens (including phenoxy) is 3. The number of epoxide rings is 1. The molecule has 3 nitrogen and oxygen atoms in total. The number of hydrogen-bond donors (Lipinski definition) is 0. The molecule has 2 aliphatic heterocycles. The highest BCUT2D eigenvalue weighted by molar-refractivity contribution is 5.27. The van der Waals surface area contributed by atoms with Crippen LogP contribution in [-0.4, -0.2) is 31.2 Å². The first-order chi connectivity index (χ1) is 13.5. The molecule has 6 rings (SSSR count). The lowest BCUT2D eigenvalue weighted by molar-refractivity contribution is -0.195. The van der Waals surface area contributed by atoms with Crippen LogP contribution in [0.4, 0.5) is 0 Å². The first-order valence-electron chi connectivity index (χ1n) is 12.1. The molecular weight excluding hydrogens is 348 g/mol. The molecule has 0 aromatic carbocycles. The van der Waals surface area contributed by atoms with Crippen LogP contribution in [0.1, 0.15) is 84.5 Å². The fourth-order valence-corrected chi connectivity index (χ4v) is 8.43. The predicted molar refractivity (Wildman–Crippen MR) is 109 cm³/mol. The third kappa shape index (κ3) is 2.51. The molecule has 0 radical (unpaired) electrons. The van der Waals surface area contributed by atoms with E-state index < -0.39 is 0 Å². The molecule has 0 bridgehead atoms. The highest BCUT2D eigenvalue weighted by Gasteiger charge is 2.69. The molecule has 5 fully saturated rings. The summed E-state index contributed by atoms with van der Waals surface area (Å²) in [7, 11) is 0. The molecule has 0 aromatic heterocycles. The van der Waals surface area contributed by atoms with Crippen molar-refractivity contribution in [3.8, 4) is 0 Å². The lowest BCUT2D eigenvalue weighted by Gasteiger charge is -2.58. The van der Waals surface area contributed by atoms with E-state index in [1.807, 2.05) is 0 Å². The summed E-state index contributed by atoms with van der Waals surface area (Å²) in [5, 5.41) is 0. The van der Waals surface area contributed by atoms with Gasteiger partial charge in [-0.2, -0.15) is 0 Å². The van der Waals surface area contributed by atoms with Gasteiger partial charge in [0.25, 0.3) is 0 Å². The number of allylic oxidation sites excluding steroid dienone is 1. The first-order valence-corrected chi connectivity index (χ1v) is 12.1. The van der Waals surface area contributed by atoms with E-state index in [9.17, 15) is 0 Å². The highest BCUT2D eigenvalue weighted by Crippen LogP contribution is 2.70. The molecule has 6 aliphatic rings. The highest BCUT2D eigenvalue weighted by atomic mass is 16.7. The van der Waals surface area contributed by atoms with E-state index >= 15 is 0 Å². The van der Waals surface area contributed by atoms with Gasteiger partial charge in [0.1, 0.15) is 0 Å². The molecule has 2 saturated heterocycles. The molecule has 1 spiro atoms. The Hall–Kier alpha value is -0.380. The predicted octanol–water partition coefficient (Wildman–Crippen LogP) is 5.63. The summed E-state index contributed by atoms with van der Waals surface area (Å²) in [6.45, 7) is 7.10. The zero-order chi connectivity index (χ0) is 19.0. The maximum Gasteiger partial charge on any atom is 0.157 e. The van der Waals surface area contributed by atoms with Crippen molar-refractivity contribution >= 4 is 0 Å². The van der Waals surface area contributed by atoms with Crippen LogP contribution in [-0.2, 0) is 14.2 Å². The van der Waals surface area contributed by atoms with E-state index in [2.05, 4.69) is 19.9 Å². The maximum absolute atomic E-state index is 6.40. The van der Waals surface area contributed by atoms with Crippen LogP contribution in [0.25, 0.3) is 0 Å². The fourth-order valence-electron chi connectivity index (χ4n) is 8.43. The van der Waals surface area contributed by atoms with Crippen molar-refractivity contribution in [3.63, 3.8) is 0 Å². The topological polar surface area (TPSA) is 31.0 Å². The van der Waals surface area contributed by atoms with Crippen LogP contribution in [0.15, 0.2) is 11.6 Å². The smallest absolute Gasteiger partial charge is 0.157 e. The first kappa shape index (κ1) is 18.4. The summed E-state index contributed by atoms with van der Waals surface area (Å²) in [6.07, 6.45) is 17.1. The minimum Gasteiger partial charge on any atom is -0.369 e.